The van der Waals surface area contributed by atoms with Gasteiger partial charge in [-0.3, -0.25) is 9.78 Å². The Bertz CT molecular complexity index is 641. The summed E-state index contributed by atoms with van der Waals surface area (Å²) in [6.45, 7) is 1.26. The van der Waals surface area contributed by atoms with E-state index in [2.05, 4.69) is 25.9 Å². The van der Waals surface area contributed by atoms with Crippen LogP contribution in [0.1, 0.15) is 10.5 Å². The second kappa shape index (κ2) is 4.86. The third-order valence-electron chi connectivity index (χ3n) is 3.24. The molecule has 1 aliphatic heterocycles. The number of fused-ring (bicyclic) bond motifs is 1. The summed E-state index contributed by atoms with van der Waals surface area (Å²) >= 11 is 3.40. The Morgan fingerprint density at radius 1 is 1.42 bits per heavy atom. The smallest absolute Gasteiger partial charge is 0.272 e. The Hall–Kier alpha value is -1.53. The largest absolute Gasteiger partial charge is 0.378 e. The number of amides is 1. The Labute approximate surface area is 118 Å². The second-order valence-corrected chi connectivity index (χ2v) is 5.31. The van der Waals surface area contributed by atoms with Gasteiger partial charge in [-0.1, -0.05) is 0 Å². The maximum Gasteiger partial charge on any atom is 0.272 e. The fraction of sp³-hybridized carbons (Fsp3) is 0.308. The molecule has 6 heteroatoms. The van der Waals surface area contributed by atoms with Crippen LogP contribution in [-0.2, 0) is 4.74 Å². The molecule has 2 aromatic rings. The molecule has 2 aromatic heterocycles. The van der Waals surface area contributed by atoms with E-state index in [0.29, 0.717) is 18.8 Å². The molecule has 3 heterocycles. The minimum absolute atomic E-state index is 0.0566. The van der Waals surface area contributed by atoms with E-state index >= 15 is 0 Å². The van der Waals surface area contributed by atoms with Gasteiger partial charge in [0, 0.05) is 38.0 Å². The highest BCUT2D eigenvalue weighted by atomic mass is 79.9. The standard InChI is InChI=1S/C13H12BrN3O2/c1-19-9-6-17(7-9)13(18)11-3-2-8-4-15-5-10(14)12(8)16-11/h2-5,9H,6-7H2,1H3. The van der Waals surface area contributed by atoms with E-state index in [1.807, 2.05) is 6.07 Å². The van der Waals surface area contributed by atoms with Crippen molar-refractivity contribution in [3.05, 3.63) is 34.7 Å². The number of hydrogen-bond donors (Lipinski definition) is 0. The molecule has 0 aromatic carbocycles. The van der Waals surface area contributed by atoms with Crippen LogP contribution < -0.4 is 0 Å². The van der Waals surface area contributed by atoms with Crippen molar-refractivity contribution in [3.63, 3.8) is 0 Å². The number of carbonyl (C=O) groups excluding carboxylic acids is 1. The van der Waals surface area contributed by atoms with Crippen molar-refractivity contribution in [2.45, 2.75) is 6.10 Å². The van der Waals surface area contributed by atoms with Gasteiger partial charge in [-0.25, -0.2) is 4.98 Å². The zero-order valence-electron chi connectivity index (χ0n) is 10.3. The number of halogens is 1. The van der Waals surface area contributed by atoms with Gasteiger partial charge in [0.05, 0.1) is 16.1 Å². The fourth-order valence-corrected chi connectivity index (χ4v) is 2.48. The Kier molecular flexibility index (Phi) is 3.20. The van der Waals surface area contributed by atoms with Crippen molar-refractivity contribution in [1.29, 1.82) is 0 Å². The lowest BCUT2D eigenvalue weighted by Gasteiger charge is -2.37. The summed E-state index contributed by atoms with van der Waals surface area (Å²) < 4.78 is 5.95. The minimum Gasteiger partial charge on any atom is -0.378 e. The molecule has 19 heavy (non-hydrogen) atoms. The van der Waals surface area contributed by atoms with Gasteiger partial charge in [0.1, 0.15) is 5.69 Å². The summed E-state index contributed by atoms with van der Waals surface area (Å²) in [5.74, 6) is -0.0566. The summed E-state index contributed by atoms with van der Waals surface area (Å²) in [4.78, 5) is 22.4. The highest BCUT2D eigenvalue weighted by Crippen LogP contribution is 2.22. The van der Waals surface area contributed by atoms with Gasteiger partial charge in [0.2, 0.25) is 0 Å². The van der Waals surface area contributed by atoms with Gasteiger partial charge in [-0.05, 0) is 28.1 Å². The van der Waals surface area contributed by atoms with Crippen LogP contribution in [0.15, 0.2) is 29.0 Å². The Morgan fingerprint density at radius 3 is 2.95 bits per heavy atom. The third-order valence-corrected chi connectivity index (χ3v) is 3.82. The van der Waals surface area contributed by atoms with Crippen LogP contribution in [0, 0.1) is 0 Å². The van der Waals surface area contributed by atoms with Crippen molar-refractivity contribution in [1.82, 2.24) is 14.9 Å². The molecule has 0 spiro atoms. The number of methoxy groups -OCH3 is 1. The topological polar surface area (TPSA) is 55.3 Å². The second-order valence-electron chi connectivity index (χ2n) is 4.46. The Balaban J connectivity index is 1.89. The molecule has 0 N–H and O–H groups in total. The molecule has 5 nitrogen and oxygen atoms in total. The van der Waals surface area contributed by atoms with Gasteiger partial charge < -0.3 is 9.64 Å². The highest BCUT2D eigenvalue weighted by Gasteiger charge is 2.31. The van der Waals surface area contributed by atoms with E-state index in [9.17, 15) is 4.79 Å². The molecule has 0 atom stereocenters. The monoisotopic (exact) mass is 321 g/mol. The van der Waals surface area contributed by atoms with Crippen LogP contribution >= 0.6 is 15.9 Å². The Morgan fingerprint density at radius 2 is 2.21 bits per heavy atom. The van der Waals surface area contributed by atoms with Crippen LogP contribution in [0.3, 0.4) is 0 Å². The number of likely N-dealkylation sites (tertiary alicyclic amines) is 1. The van der Waals surface area contributed by atoms with Crippen LogP contribution in [0.4, 0.5) is 0 Å². The normalized spacial score (nSPS) is 15.6. The maximum atomic E-state index is 12.2. The third kappa shape index (κ3) is 2.21. The lowest BCUT2D eigenvalue weighted by molar-refractivity contribution is -0.0194. The van der Waals surface area contributed by atoms with Gasteiger partial charge >= 0.3 is 0 Å². The first-order valence-corrected chi connectivity index (χ1v) is 6.70. The average molecular weight is 322 g/mol. The number of rotatable bonds is 2. The predicted octanol–water partition coefficient (Wildman–Crippen LogP) is 1.86. The van der Waals surface area contributed by atoms with Crippen LogP contribution in [0.5, 0.6) is 0 Å². The number of hydrogen-bond acceptors (Lipinski definition) is 4. The summed E-state index contributed by atoms with van der Waals surface area (Å²) in [7, 11) is 1.66. The quantitative estimate of drug-likeness (QED) is 0.847. The van der Waals surface area contributed by atoms with Crippen molar-refractivity contribution in [2.24, 2.45) is 0 Å². The van der Waals surface area contributed by atoms with E-state index < -0.39 is 0 Å². The number of ether oxygens (including phenoxy) is 1. The summed E-state index contributed by atoms with van der Waals surface area (Å²) in [6.07, 6.45) is 3.56. The predicted molar refractivity (Wildman–Crippen MR) is 73.9 cm³/mol. The maximum absolute atomic E-state index is 12.2. The molecular formula is C13H12BrN3O2. The van der Waals surface area contributed by atoms with Crippen LogP contribution in [-0.4, -0.2) is 47.1 Å². The molecule has 0 unspecified atom stereocenters. The summed E-state index contributed by atoms with van der Waals surface area (Å²) in [5, 5.41) is 0.907. The van der Waals surface area contributed by atoms with Crippen LogP contribution in [0.2, 0.25) is 0 Å². The molecule has 0 bridgehead atoms. The molecule has 1 aliphatic rings. The van der Waals surface area contributed by atoms with Crippen molar-refractivity contribution in [3.8, 4) is 0 Å². The van der Waals surface area contributed by atoms with Crippen molar-refractivity contribution < 1.29 is 9.53 Å². The lowest BCUT2D eigenvalue weighted by atomic mass is 10.1. The lowest BCUT2D eigenvalue weighted by Crippen LogP contribution is -2.54. The highest BCUT2D eigenvalue weighted by molar-refractivity contribution is 9.10. The van der Waals surface area contributed by atoms with E-state index in [1.54, 1.807) is 30.5 Å². The summed E-state index contributed by atoms with van der Waals surface area (Å²) in [6, 6.07) is 3.60. The zero-order valence-corrected chi connectivity index (χ0v) is 11.9. The van der Waals surface area contributed by atoms with Gasteiger partial charge in [-0.2, -0.15) is 0 Å². The number of aromatic nitrogens is 2. The molecular weight excluding hydrogens is 310 g/mol. The molecule has 98 valence electrons. The van der Waals surface area contributed by atoms with E-state index in [0.717, 1.165) is 15.4 Å². The first-order chi connectivity index (χ1) is 9.19. The van der Waals surface area contributed by atoms with Gasteiger partial charge in [0.25, 0.3) is 5.91 Å². The molecule has 3 rings (SSSR count). The molecule has 0 saturated carbocycles. The van der Waals surface area contributed by atoms with E-state index in [1.165, 1.54) is 0 Å². The zero-order chi connectivity index (χ0) is 13.4. The molecule has 1 saturated heterocycles. The van der Waals surface area contributed by atoms with Gasteiger partial charge in [0.15, 0.2) is 0 Å². The van der Waals surface area contributed by atoms with Crippen molar-refractivity contribution in [2.75, 3.05) is 20.2 Å². The molecule has 1 fully saturated rings. The number of pyridine rings is 2. The van der Waals surface area contributed by atoms with Gasteiger partial charge in [-0.15, -0.1) is 0 Å². The first kappa shape index (κ1) is 12.5. The van der Waals surface area contributed by atoms with Crippen molar-refractivity contribution >= 4 is 32.7 Å². The number of nitrogens with zero attached hydrogens (tertiary/aromatic N) is 3. The molecule has 0 radical (unpaired) electrons. The fourth-order valence-electron chi connectivity index (χ4n) is 2.04. The SMILES string of the molecule is COC1CN(C(=O)c2ccc3cncc(Br)c3n2)C1. The average Bonchev–Trinajstić information content (AvgIpc) is 2.37. The van der Waals surface area contributed by atoms with E-state index in [-0.39, 0.29) is 12.0 Å². The first-order valence-electron chi connectivity index (χ1n) is 5.91. The minimum atomic E-state index is -0.0566. The number of carbonyl (C=O) groups is 1. The molecule has 1 amide bonds. The molecule has 0 aliphatic carbocycles. The van der Waals surface area contributed by atoms with E-state index in [4.69, 9.17) is 4.74 Å². The van der Waals surface area contributed by atoms with Crippen LogP contribution in [0.25, 0.3) is 10.9 Å². The summed E-state index contributed by atoms with van der Waals surface area (Å²) in [5.41, 5.74) is 1.21.